The number of nitrogens with one attached hydrogen (secondary N) is 1. The third-order valence-corrected chi connectivity index (χ3v) is 3.35. The Balaban J connectivity index is 2.23. The van der Waals surface area contributed by atoms with E-state index in [0.717, 1.165) is 0 Å². The van der Waals surface area contributed by atoms with Crippen LogP contribution < -0.4 is 5.32 Å². The van der Waals surface area contributed by atoms with Crippen molar-refractivity contribution < 1.29 is 14.3 Å². The number of aromatic nitrogens is 4. The van der Waals surface area contributed by atoms with Crippen LogP contribution in [0.25, 0.3) is 0 Å². The summed E-state index contributed by atoms with van der Waals surface area (Å²) in [6.07, 6.45) is 4.94. The Morgan fingerprint density at radius 1 is 1.41 bits per heavy atom. The number of carbonyl (C=O) groups excluding carboxylic acids is 2. The lowest BCUT2D eigenvalue weighted by atomic mass is 10.2. The summed E-state index contributed by atoms with van der Waals surface area (Å²) in [6.45, 7) is 1.85. The summed E-state index contributed by atoms with van der Waals surface area (Å²) in [5.41, 5.74) is 0.459. The second-order valence-corrected chi connectivity index (χ2v) is 5.01. The number of rotatable bonds is 5. The number of halogens is 1. The zero-order valence-electron chi connectivity index (χ0n) is 12.4. The van der Waals surface area contributed by atoms with E-state index < -0.39 is 12.0 Å². The first-order chi connectivity index (χ1) is 10.5. The predicted molar refractivity (Wildman–Crippen MR) is 79.7 cm³/mol. The van der Waals surface area contributed by atoms with Gasteiger partial charge in [-0.2, -0.15) is 10.2 Å². The molecule has 2 aromatic heterocycles. The number of amides is 1. The van der Waals surface area contributed by atoms with Crippen LogP contribution in [-0.2, 0) is 16.6 Å². The van der Waals surface area contributed by atoms with Gasteiger partial charge in [-0.05, 0) is 6.42 Å². The van der Waals surface area contributed by atoms with Gasteiger partial charge in [-0.25, -0.2) is 4.79 Å². The first kappa shape index (κ1) is 16.0. The molecule has 0 aliphatic heterocycles. The summed E-state index contributed by atoms with van der Waals surface area (Å²) in [5, 5.41) is 11.1. The molecule has 22 heavy (non-hydrogen) atoms. The monoisotopic (exact) mass is 325 g/mol. The Morgan fingerprint density at radius 2 is 2.14 bits per heavy atom. The Hall–Kier alpha value is -2.35. The van der Waals surface area contributed by atoms with Gasteiger partial charge in [0.1, 0.15) is 6.04 Å². The zero-order valence-corrected chi connectivity index (χ0v) is 13.2. The van der Waals surface area contributed by atoms with E-state index in [2.05, 4.69) is 20.3 Å². The fourth-order valence-electron chi connectivity index (χ4n) is 2.06. The minimum Gasteiger partial charge on any atom is -0.464 e. The molecule has 118 valence electrons. The normalized spacial score (nSPS) is 12.0. The largest absolute Gasteiger partial charge is 0.464 e. The standard InChI is InChI=1S/C13H16ClN5O3/c1-4-10(19-7-8(14)5-16-19)12(20)17-9-6-15-18(2)11(9)13(21)22-3/h5-7,10H,4H2,1-3H3,(H,17,20). The molecular weight excluding hydrogens is 310 g/mol. The Bertz CT molecular complexity index is 694. The van der Waals surface area contributed by atoms with Gasteiger partial charge in [0, 0.05) is 13.2 Å². The SMILES string of the molecule is CCC(C(=O)Nc1cnn(C)c1C(=O)OC)n1cc(Cl)cn1. The topological polar surface area (TPSA) is 91.0 Å². The van der Waals surface area contributed by atoms with Crippen molar-refractivity contribution in [3.05, 3.63) is 29.3 Å². The van der Waals surface area contributed by atoms with E-state index in [1.165, 1.54) is 28.9 Å². The lowest BCUT2D eigenvalue weighted by Crippen LogP contribution is -2.26. The van der Waals surface area contributed by atoms with E-state index >= 15 is 0 Å². The minimum atomic E-state index is -0.578. The average Bonchev–Trinajstić information content (AvgIpc) is 3.06. The molecule has 0 aromatic carbocycles. The number of ether oxygens (including phenoxy) is 1. The van der Waals surface area contributed by atoms with Crippen LogP contribution in [0.5, 0.6) is 0 Å². The number of nitrogens with zero attached hydrogens (tertiary/aromatic N) is 4. The highest BCUT2D eigenvalue weighted by molar-refractivity contribution is 6.30. The molecule has 0 saturated heterocycles. The van der Waals surface area contributed by atoms with Crippen molar-refractivity contribution in [1.29, 1.82) is 0 Å². The van der Waals surface area contributed by atoms with Crippen molar-refractivity contribution in [3.8, 4) is 0 Å². The van der Waals surface area contributed by atoms with Gasteiger partial charge in [-0.1, -0.05) is 18.5 Å². The van der Waals surface area contributed by atoms with Crippen LogP contribution in [0.3, 0.4) is 0 Å². The lowest BCUT2D eigenvalue weighted by Gasteiger charge is -2.15. The molecule has 0 fully saturated rings. The summed E-state index contributed by atoms with van der Waals surface area (Å²) < 4.78 is 7.50. The number of aryl methyl sites for hydroxylation is 1. The van der Waals surface area contributed by atoms with Crippen LogP contribution in [0.2, 0.25) is 5.02 Å². The number of hydrogen-bond acceptors (Lipinski definition) is 5. The Labute approximate surface area is 132 Å². The molecule has 0 aliphatic rings. The first-order valence-corrected chi connectivity index (χ1v) is 6.96. The van der Waals surface area contributed by atoms with Crippen LogP contribution in [0.1, 0.15) is 29.9 Å². The Kier molecular flexibility index (Phi) is 4.81. The van der Waals surface area contributed by atoms with E-state index in [1.54, 1.807) is 13.2 Å². The van der Waals surface area contributed by atoms with E-state index in [1.807, 2.05) is 6.92 Å². The van der Waals surface area contributed by atoms with E-state index in [0.29, 0.717) is 11.4 Å². The molecule has 1 N–H and O–H groups in total. The molecule has 2 heterocycles. The highest BCUT2D eigenvalue weighted by Crippen LogP contribution is 2.20. The maximum absolute atomic E-state index is 12.4. The van der Waals surface area contributed by atoms with Gasteiger partial charge in [0.05, 0.1) is 30.2 Å². The molecule has 1 unspecified atom stereocenters. The molecule has 8 nitrogen and oxygen atoms in total. The fraction of sp³-hybridized carbons (Fsp3) is 0.385. The quantitative estimate of drug-likeness (QED) is 0.844. The second kappa shape index (κ2) is 6.61. The van der Waals surface area contributed by atoms with Gasteiger partial charge in [0.15, 0.2) is 5.69 Å². The van der Waals surface area contributed by atoms with Gasteiger partial charge in [-0.15, -0.1) is 0 Å². The number of esters is 1. The van der Waals surface area contributed by atoms with Crippen LogP contribution in [0, 0.1) is 0 Å². The molecule has 1 atom stereocenters. The molecule has 1 amide bonds. The molecular formula is C13H16ClN5O3. The maximum Gasteiger partial charge on any atom is 0.358 e. The third kappa shape index (κ3) is 3.11. The third-order valence-electron chi connectivity index (χ3n) is 3.15. The highest BCUT2D eigenvalue weighted by Gasteiger charge is 2.24. The van der Waals surface area contributed by atoms with Crippen molar-refractivity contribution in [1.82, 2.24) is 19.6 Å². The maximum atomic E-state index is 12.4. The van der Waals surface area contributed by atoms with Crippen LogP contribution in [-0.4, -0.2) is 38.5 Å². The lowest BCUT2D eigenvalue weighted by molar-refractivity contribution is -0.119. The van der Waals surface area contributed by atoms with Gasteiger partial charge < -0.3 is 10.1 Å². The number of anilines is 1. The molecule has 0 saturated carbocycles. The minimum absolute atomic E-state index is 0.171. The van der Waals surface area contributed by atoms with Crippen molar-refractivity contribution in [2.45, 2.75) is 19.4 Å². The number of carbonyl (C=O) groups is 2. The summed E-state index contributed by atoms with van der Waals surface area (Å²) >= 11 is 5.83. The summed E-state index contributed by atoms with van der Waals surface area (Å²) in [5.74, 6) is -0.897. The predicted octanol–water partition coefficient (Wildman–Crippen LogP) is 1.65. The van der Waals surface area contributed by atoms with Gasteiger partial charge in [0.25, 0.3) is 0 Å². The average molecular weight is 326 g/mol. The second-order valence-electron chi connectivity index (χ2n) is 4.57. The summed E-state index contributed by atoms with van der Waals surface area (Å²) in [4.78, 5) is 24.2. The van der Waals surface area contributed by atoms with Crippen molar-refractivity contribution >= 4 is 29.2 Å². The summed E-state index contributed by atoms with van der Waals surface area (Å²) in [7, 11) is 2.86. The van der Waals surface area contributed by atoms with Crippen molar-refractivity contribution in [2.24, 2.45) is 7.05 Å². The van der Waals surface area contributed by atoms with E-state index in [9.17, 15) is 9.59 Å². The molecule has 2 aromatic rings. The highest BCUT2D eigenvalue weighted by atomic mass is 35.5. The van der Waals surface area contributed by atoms with Gasteiger partial charge >= 0.3 is 5.97 Å². The molecule has 0 bridgehead atoms. The molecule has 2 rings (SSSR count). The van der Waals surface area contributed by atoms with Gasteiger partial charge in [-0.3, -0.25) is 14.2 Å². The van der Waals surface area contributed by atoms with E-state index in [4.69, 9.17) is 11.6 Å². The first-order valence-electron chi connectivity index (χ1n) is 6.58. The molecule has 0 radical (unpaired) electrons. The summed E-state index contributed by atoms with van der Waals surface area (Å²) in [6, 6.07) is -0.543. The number of hydrogen-bond donors (Lipinski definition) is 1. The van der Waals surface area contributed by atoms with Crippen molar-refractivity contribution in [3.63, 3.8) is 0 Å². The van der Waals surface area contributed by atoms with Crippen LogP contribution >= 0.6 is 11.6 Å². The smallest absolute Gasteiger partial charge is 0.358 e. The van der Waals surface area contributed by atoms with Crippen LogP contribution in [0.4, 0.5) is 5.69 Å². The molecule has 0 spiro atoms. The Morgan fingerprint density at radius 3 is 2.68 bits per heavy atom. The van der Waals surface area contributed by atoms with Gasteiger partial charge in [0.2, 0.25) is 5.91 Å². The zero-order chi connectivity index (χ0) is 16.3. The number of methoxy groups -OCH3 is 1. The molecule has 9 heteroatoms. The molecule has 0 aliphatic carbocycles. The van der Waals surface area contributed by atoms with Crippen molar-refractivity contribution in [2.75, 3.05) is 12.4 Å². The van der Waals surface area contributed by atoms with Crippen LogP contribution in [0.15, 0.2) is 18.6 Å². The fourth-order valence-corrected chi connectivity index (χ4v) is 2.21. The van der Waals surface area contributed by atoms with E-state index in [-0.39, 0.29) is 17.3 Å².